The molecule has 0 aliphatic carbocycles. The second-order valence-electron chi connectivity index (χ2n) is 3.92. The fourth-order valence-corrected chi connectivity index (χ4v) is 1.85. The topological polar surface area (TPSA) is 66.3 Å². The van der Waals surface area contributed by atoms with Crippen molar-refractivity contribution >= 4 is 11.8 Å². The minimum atomic E-state index is -0.810. The molecule has 0 unspecified atom stereocenters. The quantitative estimate of drug-likeness (QED) is 0.824. The van der Waals surface area contributed by atoms with Gasteiger partial charge in [0.15, 0.2) is 0 Å². The standard InChI is InChI=1S/C11H15N3O2/c15-11(16)4-3-9-12-6-5-10(13-9)14-7-1-2-8-14/h5-6H,1-4,7-8H2,(H,15,16). The third-order valence-electron chi connectivity index (χ3n) is 2.68. The number of aliphatic carboxylic acids is 1. The second kappa shape index (κ2) is 4.92. The van der Waals surface area contributed by atoms with Gasteiger partial charge in [0, 0.05) is 25.7 Å². The van der Waals surface area contributed by atoms with Crippen LogP contribution in [-0.4, -0.2) is 34.1 Å². The predicted octanol–water partition coefficient (Wildman–Crippen LogP) is 1.09. The van der Waals surface area contributed by atoms with E-state index in [1.807, 2.05) is 6.07 Å². The number of aryl methyl sites for hydroxylation is 1. The van der Waals surface area contributed by atoms with Crippen LogP contribution in [0.3, 0.4) is 0 Å². The maximum atomic E-state index is 10.4. The number of carboxylic acids is 1. The van der Waals surface area contributed by atoms with Gasteiger partial charge in [-0.25, -0.2) is 9.97 Å². The van der Waals surface area contributed by atoms with E-state index in [0.717, 1.165) is 18.9 Å². The van der Waals surface area contributed by atoms with Gasteiger partial charge in [-0.05, 0) is 18.9 Å². The molecule has 86 valence electrons. The highest BCUT2D eigenvalue weighted by Crippen LogP contribution is 2.17. The molecule has 2 rings (SSSR count). The average molecular weight is 221 g/mol. The van der Waals surface area contributed by atoms with Crippen LogP contribution in [0.5, 0.6) is 0 Å². The van der Waals surface area contributed by atoms with Gasteiger partial charge in [0.25, 0.3) is 0 Å². The Hall–Kier alpha value is -1.65. The lowest BCUT2D eigenvalue weighted by atomic mass is 10.3. The van der Waals surface area contributed by atoms with Gasteiger partial charge >= 0.3 is 5.97 Å². The van der Waals surface area contributed by atoms with Crippen molar-refractivity contribution in [3.05, 3.63) is 18.1 Å². The number of aromatic nitrogens is 2. The minimum absolute atomic E-state index is 0.0868. The summed E-state index contributed by atoms with van der Waals surface area (Å²) in [5, 5.41) is 8.59. The molecule has 1 saturated heterocycles. The fraction of sp³-hybridized carbons (Fsp3) is 0.545. The summed E-state index contributed by atoms with van der Waals surface area (Å²) in [5.74, 6) is 0.731. The molecule has 5 heteroatoms. The van der Waals surface area contributed by atoms with Crippen LogP contribution in [0.4, 0.5) is 5.82 Å². The number of nitrogens with zero attached hydrogens (tertiary/aromatic N) is 3. The van der Waals surface area contributed by atoms with Crippen LogP contribution >= 0.6 is 0 Å². The number of rotatable bonds is 4. The Morgan fingerprint density at radius 1 is 1.44 bits per heavy atom. The van der Waals surface area contributed by atoms with Gasteiger partial charge in [-0.15, -0.1) is 0 Å². The summed E-state index contributed by atoms with van der Waals surface area (Å²) < 4.78 is 0. The normalized spacial score (nSPS) is 15.4. The Kier molecular flexibility index (Phi) is 3.34. The Morgan fingerprint density at radius 2 is 2.19 bits per heavy atom. The van der Waals surface area contributed by atoms with Gasteiger partial charge in [0.05, 0.1) is 6.42 Å². The van der Waals surface area contributed by atoms with Crippen molar-refractivity contribution in [1.29, 1.82) is 0 Å². The summed E-state index contributed by atoms with van der Waals surface area (Å²) in [6, 6.07) is 1.88. The summed E-state index contributed by atoms with van der Waals surface area (Å²) in [4.78, 5) is 21.1. The van der Waals surface area contributed by atoms with E-state index in [1.165, 1.54) is 12.8 Å². The fourth-order valence-electron chi connectivity index (χ4n) is 1.85. The lowest BCUT2D eigenvalue weighted by Crippen LogP contribution is -2.19. The number of carbonyl (C=O) groups is 1. The van der Waals surface area contributed by atoms with Crippen molar-refractivity contribution in [3.63, 3.8) is 0 Å². The smallest absolute Gasteiger partial charge is 0.303 e. The Morgan fingerprint density at radius 3 is 2.88 bits per heavy atom. The van der Waals surface area contributed by atoms with Crippen molar-refractivity contribution < 1.29 is 9.90 Å². The molecule has 5 nitrogen and oxygen atoms in total. The first-order valence-corrected chi connectivity index (χ1v) is 5.54. The highest BCUT2D eigenvalue weighted by atomic mass is 16.4. The van der Waals surface area contributed by atoms with Gasteiger partial charge in [-0.3, -0.25) is 4.79 Å². The maximum Gasteiger partial charge on any atom is 0.303 e. The lowest BCUT2D eigenvalue weighted by Gasteiger charge is -2.16. The van der Waals surface area contributed by atoms with E-state index in [-0.39, 0.29) is 6.42 Å². The molecule has 0 radical (unpaired) electrons. The van der Waals surface area contributed by atoms with Gasteiger partial charge in [-0.1, -0.05) is 0 Å². The van der Waals surface area contributed by atoms with Crippen LogP contribution in [0.1, 0.15) is 25.1 Å². The molecule has 0 saturated carbocycles. The van der Waals surface area contributed by atoms with Crippen LogP contribution in [0, 0.1) is 0 Å². The summed E-state index contributed by atoms with van der Waals surface area (Å²) in [5.41, 5.74) is 0. The third-order valence-corrected chi connectivity index (χ3v) is 2.68. The zero-order valence-electron chi connectivity index (χ0n) is 9.09. The zero-order valence-corrected chi connectivity index (χ0v) is 9.09. The molecule has 1 N–H and O–H groups in total. The first kappa shape index (κ1) is 10.9. The number of carboxylic acid groups (broad SMARTS) is 1. The largest absolute Gasteiger partial charge is 0.481 e. The number of hydrogen-bond acceptors (Lipinski definition) is 4. The van der Waals surface area contributed by atoms with Gasteiger partial charge in [0.1, 0.15) is 11.6 Å². The summed E-state index contributed by atoms with van der Waals surface area (Å²) >= 11 is 0. The van der Waals surface area contributed by atoms with Crippen molar-refractivity contribution in [2.45, 2.75) is 25.7 Å². The minimum Gasteiger partial charge on any atom is -0.481 e. The molecule has 16 heavy (non-hydrogen) atoms. The molecule has 1 aliphatic heterocycles. The van der Waals surface area contributed by atoms with Crippen LogP contribution in [0.25, 0.3) is 0 Å². The molecule has 0 atom stereocenters. The average Bonchev–Trinajstić information content (AvgIpc) is 2.80. The molecule has 1 fully saturated rings. The van der Waals surface area contributed by atoms with Crippen molar-refractivity contribution in [3.8, 4) is 0 Å². The van der Waals surface area contributed by atoms with Crippen LogP contribution in [-0.2, 0) is 11.2 Å². The van der Waals surface area contributed by atoms with E-state index >= 15 is 0 Å². The SMILES string of the molecule is O=C(O)CCc1nccc(N2CCCC2)n1. The number of anilines is 1. The van der Waals surface area contributed by atoms with Crippen LogP contribution < -0.4 is 4.90 Å². The Labute approximate surface area is 94.1 Å². The molecule has 0 spiro atoms. The summed E-state index contributed by atoms with van der Waals surface area (Å²) in [6.45, 7) is 2.07. The Balaban J connectivity index is 2.03. The predicted molar refractivity (Wildman–Crippen MR) is 59.4 cm³/mol. The van der Waals surface area contributed by atoms with Crippen LogP contribution in [0.2, 0.25) is 0 Å². The van der Waals surface area contributed by atoms with Gasteiger partial charge in [-0.2, -0.15) is 0 Å². The van der Waals surface area contributed by atoms with Crippen molar-refractivity contribution in [2.24, 2.45) is 0 Å². The molecule has 0 aromatic carbocycles. The third kappa shape index (κ3) is 2.68. The maximum absolute atomic E-state index is 10.4. The first-order valence-electron chi connectivity index (χ1n) is 5.54. The van der Waals surface area contributed by atoms with E-state index in [4.69, 9.17) is 5.11 Å². The van der Waals surface area contributed by atoms with Gasteiger partial charge < -0.3 is 10.0 Å². The van der Waals surface area contributed by atoms with E-state index in [0.29, 0.717) is 12.2 Å². The molecule has 0 amide bonds. The zero-order chi connectivity index (χ0) is 11.4. The van der Waals surface area contributed by atoms with E-state index in [1.54, 1.807) is 6.20 Å². The van der Waals surface area contributed by atoms with Crippen molar-refractivity contribution in [2.75, 3.05) is 18.0 Å². The monoisotopic (exact) mass is 221 g/mol. The molecule has 1 aromatic rings. The van der Waals surface area contributed by atoms with E-state index in [9.17, 15) is 4.79 Å². The van der Waals surface area contributed by atoms with Crippen molar-refractivity contribution in [1.82, 2.24) is 9.97 Å². The molecular formula is C11H15N3O2. The van der Waals surface area contributed by atoms with E-state index in [2.05, 4.69) is 14.9 Å². The molecule has 1 aliphatic rings. The first-order chi connectivity index (χ1) is 7.75. The number of hydrogen-bond donors (Lipinski definition) is 1. The van der Waals surface area contributed by atoms with Gasteiger partial charge in [0.2, 0.25) is 0 Å². The van der Waals surface area contributed by atoms with E-state index < -0.39 is 5.97 Å². The molecular weight excluding hydrogens is 206 g/mol. The lowest BCUT2D eigenvalue weighted by molar-refractivity contribution is -0.137. The highest BCUT2D eigenvalue weighted by Gasteiger charge is 2.14. The summed E-state index contributed by atoms with van der Waals surface area (Å²) in [7, 11) is 0. The molecule has 2 heterocycles. The Bertz CT molecular complexity index is 375. The molecule has 1 aromatic heterocycles. The highest BCUT2D eigenvalue weighted by molar-refractivity contribution is 5.66. The second-order valence-corrected chi connectivity index (χ2v) is 3.92. The van der Waals surface area contributed by atoms with Crippen LogP contribution in [0.15, 0.2) is 12.3 Å². The summed E-state index contributed by atoms with van der Waals surface area (Å²) in [6.07, 6.45) is 4.60. The molecule has 0 bridgehead atoms.